The fraction of sp³-hybridized carbons (Fsp3) is 0.167. The predicted molar refractivity (Wildman–Crippen MR) is 62.2 cm³/mol. The van der Waals surface area contributed by atoms with Crippen LogP contribution >= 0.6 is 0 Å². The molecular formula is C12H12N4O. The number of nitrogens with zero attached hydrogens (tertiary/aromatic N) is 3. The second-order valence-electron chi connectivity index (χ2n) is 3.76. The average Bonchev–Trinajstić information content (AvgIpc) is 2.99. The fourth-order valence-electron chi connectivity index (χ4n) is 1.75. The molecule has 0 saturated heterocycles. The number of hydrogen-bond acceptors (Lipinski definition) is 4. The van der Waals surface area contributed by atoms with E-state index in [4.69, 9.17) is 4.42 Å². The van der Waals surface area contributed by atoms with Crippen LogP contribution in [0.15, 0.2) is 47.6 Å². The minimum atomic E-state index is 0.713. The molecule has 0 bridgehead atoms. The second-order valence-corrected chi connectivity index (χ2v) is 3.76. The molecule has 5 heteroatoms. The highest BCUT2D eigenvalue weighted by Gasteiger charge is 2.03. The summed E-state index contributed by atoms with van der Waals surface area (Å²) < 4.78 is 7.06. The lowest BCUT2D eigenvalue weighted by atomic mass is 10.3. The first-order valence-corrected chi connectivity index (χ1v) is 5.43. The highest BCUT2D eigenvalue weighted by Crippen LogP contribution is 2.08. The monoisotopic (exact) mass is 228 g/mol. The Balaban J connectivity index is 1.69. The molecule has 0 aromatic carbocycles. The molecule has 5 nitrogen and oxygen atoms in total. The second kappa shape index (κ2) is 4.39. The summed E-state index contributed by atoms with van der Waals surface area (Å²) in [5, 5.41) is 7.56. The lowest BCUT2D eigenvalue weighted by Crippen LogP contribution is -2.11. The van der Waals surface area contributed by atoms with E-state index in [1.165, 1.54) is 0 Å². The van der Waals surface area contributed by atoms with E-state index in [1.54, 1.807) is 12.5 Å². The van der Waals surface area contributed by atoms with Crippen LogP contribution in [0.3, 0.4) is 0 Å². The molecule has 3 aromatic rings. The normalized spacial score (nSPS) is 11.1. The van der Waals surface area contributed by atoms with Crippen molar-refractivity contribution in [1.82, 2.24) is 19.9 Å². The molecular weight excluding hydrogens is 216 g/mol. The molecule has 1 N–H and O–H groups in total. The Morgan fingerprint density at radius 1 is 1.29 bits per heavy atom. The van der Waals surface area contributed by atoms with E-state index in [9.17, 15) is 0 Å². The third-order valence-electron chi connectivity index (χ3n) is 2.60. The Kier molecular flexibility index (Phi) is 2.59. The van der Waals surface area contributed by atoms with E-state index >= 15 is 0 Å². The third kappa shape index (κ3) is 2.05. The molecule has 17 heavy (non-hydrogen) atoms. The van der Waals surface area contributed by atoms with E-state index in [2.05, 4.69) is 15.4 Å². The van der Waals surface area contributed by atoms with Crippen molar-refractivity contribution in [2.45, 2.75) is 13.1 Å². The Morgan fingerprint density at radius 2 is 2.29 bits per heavy atom. The molecule has 0 spiro atoms. The summed E-state index contributed by atoms with van der Waals surface area (Å²) in [6.45, 7) is 1.46. The zero-order valence-electron chi connectivity index (χ0n) is 9.21. The summed E-state index contributed by atoms with van der Waals surface area (Å²) in [5.74, 6) is 0.930. The van der Waals surface area contributed by atoms with Crippen LogP contribution < -0.4 is 5.32 Å². The van der Waals surface area contributed by atoms with E-state index in [0.29, 0.717) is 6.54 Å². The van der Waals surface area contributed by atoms with Crippen molar-refractivity contribution in [2.75, 3.05) is 0 Å². The number of rotatable bonds is 4. The third-order valence-corrected chi connectivity index (χ3v) is 2.60. The average molecular weight is 228 g/mol. The molecule has 0 amide bonds. The van der Waals surface area contributed by atoms with Gasteiger partial charge in [0.1, 0.15) is 5.76 Å². The van der Waals surface area contributed by atoms with Gasteiger partial charge in [0.15, 0.2) is 0 Å². The predicted octanol–water partition coefficient (Wildman–Crippen LogP) is 1.61. The molecule has 0 atom stereocenters. The maximum atomic E-state index is 5.24. The minimum absolute atomic E-state index is 0.713. The number of nitrogens with one attached hydrogen (secondary N) is 1. The maximum absolute atomic E-state index is 5.24. The van der Waals surface area contributed by atoms with Gasteiger partial charge in [0, 0.05) is 24.5 Å². The van der Waals surface area contributed by atoms with Crippen LogP contribution in [0.5, 0.6) is 0 Å². The number of aromatic nitrogens is 3. The van der Waals surface area contributed by atoms with Crippen molar-refractivity contribution < 1.29 is 4.42 Å². The lowest BCUT2D eigenvalue weighted by Gasteiger charge is -2.00. The molecule has 3 aromatic heterocycles. The Morgan fingerprint density at radius 3 is 3.18 bits per heavy atom. The molecule has 0 unspecified atom stereocenters. The summed E-state index contributed by atoms with van der Waals surface area (Å²) >= 11 is 0. The van der Waals surface area contributed by atoms with Crippen molar-refractivity contribution in [1.29, 1.82) is 0 Å². The largest absolute Gasteiger partial charge is 0.468 e. The van der Waals surface area contributed by atoms with Gasteiger partial charge in [-0.25, -0.2) is 4.52 Å². The van der Waals surface area contributed by atoms with Crippen LogP contribution in [-0.4, -0.2) is 14.6 Å². The topological polar surface area (TPSA) is 55.4 Å². The van der Waals surface area contributed by atoms with Crippen molar-refractivity contribution in [3.05, 3.63) is 54.5 Å². The van der Waals surface area contributed by atoms with Gasteiger partial charge in [-0.1, -0.05) is 0 Å². The highest BCUT2D eigenvalue weighted by molar-refractivity contribution is 5.51. The van der Waals surface area contributed by atoms with Gasteiger partial charge in [-0.15, -0.1) is 0 Å². The Labute approximate surface area is 98.1 Å². The van der Waals surface area contributed by atoms with Gasteiger partial charge in [0.25, 0.3) is 0 Å². The number of furan rings is 1. The van der Waals surface area contributed by atoms with Gasteiger partial charge in [-0.05, 0) is 12.1 Å². The summed E-state index contributed by atoms with van der Waals surface area (Å²) in [6, 6.07) is 3.83. The maximum Gasteiger partial charge on any atom is 0.117 e. The summed E-state index contributed by atoms with van der Waals surface area (Å²) in [4.78, 5) is 4.10. The van der Waals surface area contributed by atoms with Crippen LogP contribution in [0.2, 0.25) is 0 Å². The summed E-state index contributed by atoms with van der Waals surface area (Å²) in [5.41, 5.74) is 2.16. The zero-order chi connectivity index (χ0) is 11.5. The van der Waals surface area contributed by atoms with Gasteiger partial charge in [-0.2, -0.15) is 5.10 Å². The standard InChI is InChI=1S/C12H12N4O/c1-2-11(17-5-1)8-14-6-10-7-15-16-4-3-13-9-12(10)16/h1-5,7,9,14H,6,8H2. The molecule has 0 aliphatic heterocycles. The van der Waals surface area contributed by atoms with Gasteiger partial charge < -0.3 is 9.73 Å². The molecule has 0 aliphatic carbocycles. The summed E-state index contributed by atoms with van der Waals surface area (Å²) in [6.07, 6.45) is 8.91. The zero-order valence-corrected chi connectivity index (χ0v) is 9.21. The molecule has 0 aliphatic rings. The SMILES string of the molecule is c1coc(CNCc2cnn3ccncc23)c1. The van der Waals surface area contributed by atoms with E-state index in [0.717, 1.165) is 23.4 Å². The van der Waals surface area contributed by atoms with Crippen molar-refractivity contribution >= 4 is 5.52 Å². The van der Waals surface area contributed by atoms with Crippen LogP contribution in [0.25, 0.3) is 5.52 Å². The molecule has 3 rings (SSSR count). The first-order chi connectivity index (χ1) is 8.43. The van der Waals surface area contributed by atoms with Crippen molar-refractivity contribution in [3.8, 4) is 0 Å². The van der Waals surface area contributed by atoms with E-state index in [-0.39, 0.29) is 0 Å². The quantitative estimate of drug-likeness (QED) is 0.737. The minimum Gasteiger partial charge on any atom is -0.468 e. The fourth-order valence-corrected chi connectivity index (χ4v) is 1.75. The Bertz CT molecular complexity index is 600. The van der Waals surface area contributed by atoms with E-state index in [1.807, 2.05) is 35.2 Å². The van der Waals surface area contributed by atoms with Gasteiger partial charge in [-0.3, -0.25) is 4.98 Å². The molecule has 3 heterocycles. The molecule has 86 valence electrons. The van der Waals surface area contributed by atoms with Crippen molar-refractivity contribution in [2.24, 2.45) is 0 Å². The molecule has 0 saturated carbocycles. The van der Waals surface area contributed by atoms with Gasteiger partial charge in [0.2, 0.25) is 0 Å². The first kappa shape index (κ1) is 10.0. The number of fused-ring (bicyclic) bond motifs is 1. The molecule has 0 radical (unpaired) electrons. The lowest BCUT2D eigenvalue weighted by molar-refractivity contribution is 0.483. The Hall–Kier alpha value is -2.14. The van der Waals surface area contributed by atoms with Crippen LogP contribution in [0, 0.1) is 0 Å². The summed E-state index contributed by atoms with van der Waals surface area (Å²) in [7, 11) is 0. The van der Waals surface area contributed by atoms with Crippen molar-refractivity contribution in [3.63, 3.8) is 0 Å². The van der Waals surface area contributed by atoms with E-state index < -0.39 is 0 Å². The first-order valence-electron chi connectivity index (χ1n) is 5.43. The van der Waals surface area contributed by atoms with Crippen LogP contribution in [0.4, 0.5) is 0 Å². The van der Waals surface area contributed by atoms with Gasteiger partial charge >= 0.3 is 0 Å². The highest BCUT2D eigenvalue weighted by atomic mass is 16.3. The molecule has 0 fully saturated rings. The van der Waals surface area contributed by atoms with Crippen LogP contribution in [0.1, 0.15) is 11.3 Å². The van der Waals surface area contributed by atoms with Crippen LogP contribution in [-0.2, 0) is 13.1 Å². The van der Waals surface area contributed by atoms with Gasteiger partial charge in [0.05, 0.1) is 30.7 Å². The smallest absolute Gasteiger partial charge is 0.117 e. The number of hydrogen-bond donors (Lipinski definition) is 1.